The molecule has 48 heavy (non-hydrogen) atoms. The number of nitrogens with one attached hydrogen (secondary N) is 1. The van der Waals surface area contributed by atoms with E-state index in [1.54, 1.807) is 0 Å². The van der Waals surface area contributed by atoms with E-state index >= 15 is 0 Å². The van der Waals surface area contributed by atoms with Crippen molar-refractivity contribution in [1.29, 1.82) is 0 Å². The van der Waals surface area contributed by atoms with E-state index in [-0.39, 0.29) is 22.5 Å². The minimum atomic E-state index is -4.62. The number of thiazole rings is 1. The van der Waals surface area contributed by atoms with E-state index in [1.165, 1.54) is 34.9 Å². The zero-order chi connectivity index (χ0) is 34.7. The lowest BCUT2D eigenvalue weighted by Crippen LogP contribution is -2.33. The van der Waals surface area contributed by atoms with E-state index in [0.29, 0.717) is 15.5 Å². The number of non-ortho nitro benzene ring substituents is 1. The highest BCUT2D eigenvalue weighted by Crippen LogP contribution is 2.54. The van der Waals surface area contributed by atoms with Gasteiger partial charge < -0.3 is 5.32 Å². The van der Waals surface area contributed by atoms with Crippen molar-refractivity contribution in [1.82, 2.24) is 4.57 Å². The van der Waals surface area contributed by atoms with Crippen LogP contribution in [0, 0.1) is 16.0 Å². The lowest BCUT2D eigenvalue weighted by molar-refractivity contribution is -0.384. The Labute approximate surface area is 279 Å². The molecule has 6 rings (SSSR count). The number of imide groups is 1. The van der Waals surface area contributed by atoms with Crippen molar-refractivity contribution < 1.29 is 32.5 Å². The molecule has 1 saturated heterocycles. The first-order valence-electron chi connectivity index (χ1n) is 14.6. The van der Waals surface area contributed by atoms with E-state index in [2.05, 4.69) is 5.32 Å². The van der Waals surface area contributed by atoms with E-state index in [0.717, 1.165) is 51.8 Å². The second-order valence-corrected chi connectivity index (χ2v) is 14.6. The Hall–Kier alpha value is -4.76. The maximum absolute atomic E-state index is 14.1. The number of amides is 3. The molecule has 248 valence electrons. The summed E-state index contributed by atoms with van der Waals surface area (Å²) >= 11 is 1.82. The molecule has 1 fully saturated rings. The van der Waals surface area contributed by atoms with Crippen molar-refractivity contribution in [2.24, 2.45) is 5.92 Å². The standard InChI is InChI=1S/C33H27F3N4O6S2/c1-32(2,3)18-9-7-17(8-10-18)24-25-26(29(43)39(28(25)42)21-11-13-22(14-12-21)40(45)46)47-30-27(24)48-31(44)38(30)16-23(41)37-20-6-4-5-19(15-20)33(34,35)36/h4-15,24-26H,16H2,1-3H3,(H,37,41)/t24-,25?,26?/m1/s1. The van der Waals surface area contributed by atoms with Gasteiger partial charge in [-0.1, -0.05) is 74.2 Å². The van der Waals surface area contributed by atoms with Crippen molar-refractivity contribution >= 4 is 57.9 Å². The second-order valence-electron chi connectivity index (χ2n) is 12.4. The molecule has 10 nitrogen and oxygen atoms in total. The van der Waals surface area contributed by atoms with Gasteiger partial charge in [-0.15, -0.1) is 0 Å². The number of rotatable bonds is 6. The normalized spacial score (nSPS) is 19.2. The molecular weight excluding hydrogens is 670 g/mol. The number of carbonyl (C=O) groups excluding carboxylic acids is 3. The molecule has 0 bridgehead atoms. The third kappa shape index (κ3) is 6.03. The van der Waals surface area contributed by atoms with Gasteiger partial charge >= 0.3 is 11.0 Å². The summed E-state index contributed by atoms with van der Waals surface area (Å²) in [5.74, 6) is -3.55. The minimum absolute atomic E-state index is 0.105. The largest absolute Gasteiger partial charge is 0.416 e. The molecule has 1 aromatic heterocycles. The van der Waals surface area contributed by atoms with Gasteiger partial charge in [-0.25, -0.2) is 4.90 Å². The molecule has 0 spiro atoms. The molecule has 15 heteroatoms. The van der Waals surface area contributed by atoms with Crippen LogP contribution in [0.3, 0.4) is 0 Å². The van der Waals surface area contributed by atoms with Gasteiger partial charge in [0.15, 0.2) is 0 Å². The van der Waals surface area contributed by atoms with Gasteiger partial charge in [0.2, 0.25) is 17.7 Å². The Bertz CT molecular complexity index is 2020. The lowest BCUT2D eigenvalue weighted by atomic mass is 9.81. The summed E-state index contributed by atoms with van der Waals surface area (Å²) in [6.45, 7) is 5.59. The van der Waals surface area contributed by atoms with Crippen LogP contribution in [0.4, 0.5) is 30.2 Å². The number of nitrogens with zero attached hydrogens (tertiary/aromatic N) is 3. The number of alkyl halides is 3. The van der Waals surface area contributed by atoms with Gasteiger partial charge in [-0.05, 0) is 46.9 Å². The molecule has 0 saturated carbocycles. The fourth-order valence-corrected chi connectivity index (χ4v) is 8.67. The zero-order valence-corrected chi connectivity index (χ0v) is 27.2. The van der Waals surface area contributed by atoms with Crippen LogP contribution in [0.5, 0.6) is 0 Å². The highest BCUT2D eigenvalue weighted by Gasteiger charge is 2.57. The molecule has 4 aromatic rings. The molecule has 2 aliphatic heterocycles. The van der Waals surface area contributed by atoms with Crippen LogP contribution >= 0.6 is 23.1 Å². The third-order valence-corrected chi connectivity index (χ3v) is 10.9. The van der Waals surface area contributed by atoms with E-state index in [9.17, 15) is 42.5 Å². The van der Waals surface area contributed by atoms with Crippen LogP contribution in [0.15, 0.2) is 82.6 Å². The summed E-state index contributed by atoms with van der Waals surface area (Å²) in [6, 6.07) is 16.7. The van der Waals surface area contributed by atoms with Gasteiger partial charge in [-0.2, -0.15) is 13.2 Å². The van der Waals surface area contributed by atoms with Gasteiger partial charge in [0.1, 0.15) is 11.8 Å². The Morgan fingerprint density at radius 3 is 2.21 bits per heavy atom. The molecule has 3 atom stereocenters. The number of hydrogen-bond donors (Lipinski definition) is 1. The van der Waals surface area contributed by atoms with Crippen molar-refractivity contribution in [2.75, 3.05) is 10.2 Å². The summed E-state index contributed by atoms with van der Waals surface area (Å²) in [4.78, 5) is 66.1. The Morgan fingerprint density at radius 1 is 0.938 bits per heavy atom. The number of benzene rings is 3. The molecular formula is C33H27F3N4O6S2. The second kappa shape index (κ2) is 12.0. The lowest BCUT2D eigenvalue weighted by Gasteiger charge is -2.31. The summed E-state index contributed by atoms with van der Waals surface area (Å²) in [5.41, 5.74) is 0.409. The average molecular weight is 697 g/mol. The van der Waals surface area contributed by atoms with Crippen molar-refractivity contribution in [3.05, 3.63) is 114 Å². The van der Waals surface area contributed by atoms with Crippen LogP contribution in [-0.2, 0) is 32.5 Å². The first-order chi connectivity index (χ1) is 22.5. The smallest absolute Gasteiger partial charge is 0.325 e. The maximum Gasteiger partial charge on any atom is 0.416 e. The van der Waals surface area contributed by atoms with Gasteiger partial charge in [0, 0.05) is 28.6 Å². The van der Waals surface area contributed by atoms with Crippen molar-refractivity contribution in [3.8, 4) is 0 Å². The topological polar surface area (TPSA) is 132 Å². The highest BCUT2D eigenvalue weighted by molar-refractivity contribution is 8.00. The SMILES string of the molecule is CC(C)(C)c1ccc([C@H]2c3sc(=O)n(CC(=O)Nc4cccc(C(F)(F)F)c4)c3SC3C(=O)N(c4ccc([N+](=O)[O-])cc4)C(=O)C32)cc1. The van der Waals surface area contributed by atoms with Crippen molar-refractivity contribution in [3.63, 3.8) is 0 Å². The van der Waals surface area contributed by atoms with E-state index in [1.807, 2.05) is 45.0 Å². The molecule has 0 aliphatic carbocycles. The zero-order valence-electron chi connectivity index (χ0n) is 25.6. The molecule has 1 N–H and O–H groups in total. The summed E-state index contributed by atoms with van der Waals surface area (Å²) in [6.07, 6.45) is -4.62. The summed E-state index contributed by atoms with van der Waals surface area (Å²) in [7, 11) is 0. The molecule has 3 amide bonds. The Balaban J connectivity index is 1.39. The highest BCUT2D eigenvalue weighted by atomic mass is 32.2. The third-order valence-electron chi connectivity index (χ3n) is 8.28. The number of fused-ring (bicyclic) bond motifs is 2. The van der Waals surface area contributed by atoms with Gasteiger partial charge in [0.25, 0.3) is 5.69 Å². The number of aromatic nitrogens is 1. The fourth-order valence-electron chi connectivity index (χ4n) is 5.90. The molecule has 3 aromatic carbocycles. The monoisotopic (exact) mass is 696 g/mol. The molecule has 2 aliphatic rings. The Kier molecular flexibility index (Phi) is 8.32. The van der Waals surface area contributed by atoms with E-state index < -0.39 is 62.9 Å². The predicted molar refractivity (Wildman–Crippen MR) is 174 cm³/mol. The van der Waals surface area contributed by atoms with Crippen LogP contribution in [0.25, 0.3) is 0 Å². The molecule has 3 heterocycles. The number of carbonyl (C=O) groups is 3. The van der Waals surface area contributed by atoms with E-state index in [4.69, 9.17) is 0 Å². The van der Waals surface area contributed by atoms with Crippen LogP contribution in [0.1, 0.15) is 48.3 Å². The molecule has 2 unspecified atom stereocenters. The maximum atomic E-state index is 14.1. The first-order valence-corrected chi connectivity index (χ1v) is 16.3. The number of halogens is 3. The number of nitro benzene ring substituents is 1. The van der Waals surface area contributed by atoms with Gasteiger partial charge in [0.05, 0.1) is 27.1 Å². The van der Waals surface area contributed by atoms with Crippen LogP contribution in [-0.4, -0.2) is 32.5 Å². The predicted octanol–water partition coefficient (Wildman–Crippen LogP) is 6.57. The van der Waals surface area contributed by atoms with Crippen molar-refractivity contribution in [2.45, 2.75) is 55.1 Å². The quantitative estimate of drug-likeness (QED) is 0.137. The number of nitro groups is 1. The Morgan fingerprint density at radius 2 is 1.60 bits per heavy atom. The van der Waals surface area contributed by atoms with Crippen LogP contribution < -0.4 is 15.1 Å². The van der Waals surface area contributed by atoms with Gasteiger partial charge in [-0.3, -0.25) is 33.9 Å². The summed E-state index contributed by atoms with van der Waals surface area (Å²) < 4.78 is 40.8. The number of thioether (sulfide) groups is 1. The fraction of sp³-hybridized carbons (Fsp3) is 0.273. The number of hydrogen-bond acceptors (Lipinski definition) is 8. The van der Waals surface area contributed by atoms with Crippen LogP contribution in [0.2, 0.25) is 0 Å². The number of anilines is 2. The summed E-state index contributed by atoms with van der Waals surface area (Å²) in [5, 5.41) is 12.9. The average Bonchev–Trinajstić information content (AvgIpc) is 3.46. The first kappa shape index (κ1) is 33.2. The minimum Gasteiger partial charge on any atom is -0.325 e. The molecule has 0 radical (unpaired) electrons.